The summed E-state index contributed by atoms with van der Waals surface area (Å²) >= 11 is 0. The fraction of sp³-hybridized carbons (Fsp3) is 0.533. The Morgan fingerprint density at radius 3 is 2.50 bits per heavy atom. The van der Waals surface area contributed by atoms with E-state index in [0.717, 1.165) is 24.2 Å². The molecule has 1 aliphatic rings. The van der Waals surface area contributed by atoms with Gasteiger partial charge in [0.2, 0.25) is 5.91 Å². The Morgan fingerprint density at radius 1 is 1.22 bits per heavy atom. The number of hydrogen-bond donors (Lipinski definition) is 0. The predicted octanol–water partition coefficient (Wildman–Crippen LogP) is 2.79. The van der Waals surface area contributed by atoms with Crippen molar-refractivity contribution in [1.82, 2.24) is 4.90 Å². The van der Waals surface area contributed by atoms with Crippen molar-refractivity contribution in [3.63, 3.8) is 0 Å². The Balaban J connectivity index is 2.34. The lowest BCUT2D eigenvalue weighted by atomic mass is 10.1. The molecule has 2 unspecified atom stereocenters. The number of carbonyl (C=O) groups excluding carboxylic acids is 1. The molecule has 1 aliphatic heterocycles. The standard InChI is InChI=1S/C15H22N2O/c1-5-10-16-12(3)15(18)17(13(16)4)14-9-7-6-8-11(14)2/h6-9,12-13H,5,10H2,1-4H3. The number of nitrogens with zero attached hydrogens (tertiary/aromatic N) is 2. The maximum absolute atomic E-state index is 12.4. The van der Waals surface area contributed by atoms with Gasteiger partial charge in [0.15, 0.2) is 0 Å². The molecule has 2 rings (SSSR count). The van der Waals surface area contributed by atoms with Crippen molar-refractivity contribution in [2.45, 2.75) is 46.3 Å². The molecule has 0 N–H and O–H groups in total. The molecule has 18 heavy (non-hydrogen) atoms. The summed E-state index contributed by atoms with van der Waals surface area (Å²) in [5.41, 5.74) is 2.20. The van der Waals surface area contributed by atoms with Crippen LogP contribution >= 0.6 is 0 Å². The number of amides is 1. The number of benzene rings is 1. The van der Waals surface area contributed by atoms with Crippen molar-refractivity contribution in [3.8, 4) is 0 Å². The Hall–Kier alpha value is -1.35. The largest absolute Gasteiger partial charge is 0.295 e. The van der Waals surface area contributed by atoms with E-state index in [2.05, 4.69) is 31.7 Å². The molecule has 2 atom stereocenters. The molecule has 0 aromatic heterocycles. The lowest BCUT2D eigenvalue weighted by molar-refractivity contribution is -0.119. The van der Waals surface area contributed by atoms with Crippen LogP contribution in [0.5, 0.6) is 0 Å². The van der Waals surface area contributed by atoms with Crippen LogP contribution in [0, 0.1) is 6.92 Å². The molecule has 3 heteroatoms. The fourth-order valence-electron chi connectivity index (χ4n) is 2.79. The Morgan fingerprint density at radius 2 is 1.89 bits per heavy atom. The van der Waals surface area contributed by atoms with Gasteiger partial charge in [0.05, 0.1) is 12.2 Å². The summed E-state index contributed by atoms with van der Waals surface area (Å²) in [6.07, 6.45) is 1.22. The maximum Gasteiger partial charge on any atom is 0.245 e. The summed E-state index contributed by atoms with van der Waals surface area (Å²) in [6.45, 7) is 9.30. The average Bonchev–Trinajstić information content (AvgIpc) is 2.55. The van der Waals surface area contributed by atoms with Crippen molar-refractivity contribution < 1.29 is 4.79 Å². The molecule has 0 spiro atoms. The molecular formula is C15H22N2O. The summed E-state index contributed by atoms with van der Waals surface area (Å²) < 4.78 is 0. The van der Waals surface area contributed by atoms with Crippen molar-refractivity contribution in [2.75, 3.05) is 11.4 Å². The summed E-state index contributed by atoms with van der Waals surface area (Å²) in [6, 6.07) is 8.08. The molecule has 0 bridgehead atoms. The minimum Gasteiger partial charge on any atom is -0.295 e. The van der Waals surface area contributed by atoms with Gasteiger partial charge in [0.25, 0.3) is 0 Å². The first-order valence-electron chi connectivity index (χ1n) is 6.72. The van der Waals surface area contributed by atoms with Crippen LogP contribution in [0.25, 0.3) is 0 Å². The number of para-hydroxylation sites is 1. The molecule has 3 nitrogen and oxygen atoms in total. The molecule has 0 radical (unpaired) electrons. The number of hydrogen-bond acceptors (Lipinski definition) is 2. The minimum absolute atomic E-state index is 0.0143. The van der Waals surface area contributed by atoms with E-state index in [1.54, 1.807) is 0 Å². The summed E-state index contributed by atoms with van der Waals surface area (Å²) in [4.78, 5) is 16.7. The zero-order chi connectivity index (χ0) is 13.3. The monoisotopic (exact) mass is 246 g/mol. The van der Waals surface area contributed by atoms with Gasteiger partial charge in [-0.1, -0.05) is 25.1 Å². The summed E-state index contributed by atoms with van der Waals surface area (Å²) in [5.74, 6) is 0.213. The van der Waals surface area contributed by atoms with Crippen LogP contribution < -0.4 is 4.90 Å². The highest BCUT2D eigenvalue weighted by atomic mass is 16.2. The van der Waals surface area contributed by atoms with E-state index in [0.29, 0.717) is 0 Å². The molecule has 1 fully saturated rings. The van der Waals surface area contributed by atoms with Crippen molar-refractivity contribution in [3.05, 3.63) is 29.8 Å². The van der Waals surface area contributed by atoms with E-state index in [1.165, 1.54) is 0 Å². The zero-order valence-corrected chi connectivity index (χ0v) is 11.7. The highest BCUT2D eigenvalue weighted by Gasteiger charge is 2.41. The van der Waals surface area contributed by atoms with Gasteiger partial charge in [-0.05, 0) is 38.8 Å². The van der Waals surface area contributed by atoms with Crippen LogP contribution in [-0.2, 0) is 4.79 Å². The third kappa shape index (κ3) is 2.03. The van der Waals surface area contributed by atoms with E-state index in [4.69, 9.17) is 0 Å². The molecule has 1 heterocycles. The van der Waals surface area contributed by atoms with E-state index in [1.807, 2.05) is 30.0 Å². The van der Waals surface area contributed by atoms with Crippen LogP contribution in [0.1, 0.15) is 32.8 Å². The number of carbonyl (C=O) groups is 1. The quantitative estimate of drug-likeness (QED) is 0.818. The second-order valence-electron chi connectivity index (χ2n) is 5.04. The normalized spacial score (nSPS) is 24.9. The second-order valence-corrected chi connectivity index (χ2v) is 5.04. The van der Waals surface area contributed by atoms with Gasteiger partial charge in [-0.2, -0.15) is 0 Å². The molecule has 0 aliphatic carbocycles. The SMILES string of the molecule is CCCN1C(C)C(=O)N(c2ccccc2C)C1C. The van der Waals surface area contributed by atoms with Crippen LogP contribution in [0.2, 0.25) is 0 Å². The van der Waals surface area contributed by atoms with Crippen LogP contribution in [0.3, 0.4) is 0 Å². The number of aryl methyl sites for hydroxylation is 1. The van der Waals surface area contributed by atoms with Crippen molar-refractivity contribution >= 4 is 11.6 Å². The molecule has 1 amide bonds. The van der Waals surface area contributed by atoms with Gasteiger partial charge in [-0.25, -0.2) is 0 Å². The second kappa shape index (κ2) is 5.11. The van der Waals surface area contributed by atoms with Gasteiger partial charge < -0.3 is 0 Å². The third-order valence-corrected chi connectivity index (χ3v) is 3.80. The van der Waals surface area contributed by atoms with Crippen molar-refractivity contribution in [1.29, 1.82) is 0 Å². The van der Waals surface area contributed by atoms with Crippen LogP contribution in [0.15, 0.2) is 24.3 Å². The molecular weight excluding hydrogens is 224 g/mol. The lowest BCUT2D eigenvalue weighted by Crippen LogP contribution is -2.38. The van der Waals surface area contributed by atoms with E-state index in [9.17, 15) is 4.79 Å². The Labute approximate surface area is 109 Å². The van der Waals surface area contributed by atoms with E-state index in [-0.39, 0.29) is 18.1 Å². The van der Waals surface area contributed by atoms with Crippen molar-refractivity contribution in [2.24, 2.45) is 0 Å². The molecule has 1 saturated heterocycles. The highest BCUT2D eigenvalue weighted by molar-refractivity contribution is 6.00. The highest BCUT2D eigenvalue weighted by Crippen LogP contribution is 2.30. The average molecular weight is 246 g/mol. The third-order valence-electron chi connectivity index (χ3n) is 3.80. The van der Waals surface area contributed by atoms with Gasteiger partial charge in [-0.15, -0.1) is 0 Å². The van der Waals surface area contributed by atoms with Gasteiger partial charge >= 0.3 is 0 Å². The van der Waals surface area contributed by atoms with Crippen LogP contribution in [0.4, 0.5) is 5.69 Å². The predicted molar refractivity (Wildman–Crippen MR) is 74.6 cm³/mol. The summed E-state index contributed by atoms with van der Waals surface area (Å²) in [5, 5.41) is 0. The number of anilines is 1. The fourth-order valence-corrected chi connectivity index (χ4v) is 2.79. The summed E-state index contributed by atoms with van der Waals surface area (Å²) in [7, 11) is 0. The van der Waals surface area contributed by atoms with Gasteiger partial charge in [0, 0.05) is 12.2 Å². The molecule has 98 valence electrons. The van der Waals surface area contributed by atoms with E-state index < -0.39 is 0 Å². The van der Waals surface area contributed by atoms with Gasteiger partial charge in [0.1, 0.15) is 0 Å². The minimum atomic E-state index is -0.0143. The van der Waals surface area contributed by atoms with E-state index >= 15 is 0 Å². The number of rotatable bonds is 3. The lowest BCUT2D eigenvalue weighted by Gasteiger charge is -2.28. The first-order valence-corrected chi connectivity index (χ1v) is 6.72. The van der Waals surface area contributed by atoms with Gasteiger partial charge in [-0.3, -0.25) is 14.6 Å². The topological polar surface area (TPSA) is 23.6 Å². The molecule has 0 saturated carbocycles. The van der Waals surface area contributed by atoms with Crippen LogP contribution in [-0.4, -0.2) is 29.6 Å². The Bertz CT molecular complexity index is 444. The maximum atomic E-state index is 12.4. The first kappa shape index (κ1) is 13.1. The zero-order valence-electron chi connectivity index (χ0n) is 11.7. The molecule has 1 aromatic rings. The first-order chi connectivity index (χ1) is 8.57. The Kier molecular flexibility index (Phi) is 3.71. The molecule has 1 aromatic carbocycles. The smallest absolute Gasteiger partial charge is 0.245 e.